The highest BCUT2D eigenvalue weighted by atomic mass is 16.4. The molecule has 3 aromatic carbocycles. The summed E-state index contributed by atoms with van der Waals surface area (Å²) in [6, 6.07) is 14.6. The number of hydrogen-bond donors (Lipinski definition) is 0. The topological polar surface area (TPSA) is 45.7 Å². The Hall–Kier alpha value is -3.47. The van der Waals surface area contributed by atoms with Crippen molar-refractivity contribution in [2.24, 2.45) is 0 Å². The quantitative estimate of drug-likeness (QED) is 0.183. The predicted octanol–water partition coefficient (Wildman–Crippen LogP) is 6.33. The highest BCUT2D eigenvalue weighted by molar-refractivity contribution is 6.31. The van der Waals surface area contributed by atoms with Gasteiger partial charge in [0, 0.05) is 36.3 Å². The summed E-state index contributed by atoms with van der Waals surface area (Å²) >= 11 is 0. The summed E-state index contributed by atoms with van der Waals surface area (Å²) in [5.74, 6) is 0. The second-order valence-corrected chi connectivity index (χ2v) is 8.29. The maximum Gasteiger partial charge on any atom is 0.207 e. The lowest BCUT2D eigenvalue weighted by molar-refractivity contribution is 0.613. The van der Waals surface area contributed by atoms with E-state index >= 15 is 0 Å². The number of benzene rings is 3. The van der Waals surface area contributed by atoms with Crippen LogP contribution < -0.4 is 14.8 Å². The van der Waals surface area contributed by atoms with Gasteiger partial charge in [-0.15, -0.1) is 0 Å². The third kappa shape index (κ3) is 2.54. The molecule has 5 heteroatoms. The minimum absolute atomic E-state index is 0.832. The molecule has 6 rings (SSSR count). The molecule has 5 nitrogen and oxygen atoms in total. The summed E-state index contributed by atoms with van der Waals surface area (Å²) in [7, 11) is 0. The first-order chi connectivity index (χ1) is 15.7. The van der Waals surface area contributed by atoms with Crippen molar-refractivity contribution in [2.45, 2.75) is 27.7 Å². The molecule has 32 heavy (non-hydrogen) atoms. The van der Waals surface area contributed by atoms with Crippen LogP contribution in [0.5, 0.6) is 0 Å². The van der Waals surface area contributed by atoms with Gasteiger partial charge < -0.3 is 18.2 Å². The minimum Gasteiger partial charge on any atom is -0.456 e. The molecule has 0 amide bonds. The zero-order valence-corrected chi connectivity index (χ0v) is 19.0. The van der Waals surface area contributed by atoms with Crippen molar-refractivity contribution in [3.63, 3.8) is 0 Å². The number of hydrogen-bond acceptors (Lipinski definition) is 4. The lowest BCUT2D eigenvalue weighted by Gasteiger charge is -2.22. The molecular formula is C27H27N2O3+. The molecule has 0 saturated carbocycles. The largest absolute Gasteiger partial charge is 0.456 e. The fraction of sp³-hybridized carbons (Fsp3) is 0.296. The van der Waals surface area contributed by atoms with Gasteiger partial charge in [0.2, 0.25) is 5.36 Å². The molecule has 0 atom stereocenters. The average Bonchev–Trinajstić information content (AvgIpc) is 2.80. The van der Waals surface area contributed by atoms with E-state index < -0.39 is 0 Å². The maximum absolute atomic E-state index is 6.57. The van der Waals surface area contributed by atoms with E-state index in [1.165, 1.54) is 0 Å². The third-order valence-electron chi connectivity index (χ3n) is 6.76. The Bertz CT molecular complexity index is 1670. The summed E-state index contributed by atoms with van der Waals surface area (Å²) in [4.78, 5) is 2.32. The molecule has 162 valence electrons. The molecule has 0 aliphatic rings. The molecule has 0 radical (unpaired) electrons. The normalized spacial score (nSPS) is 12.2. The first-order valence-electron chi connectivity index (χ1n) is 11.6. The Morgan fingerprint density at radius 3 is 1.59 bits per heavy atom. The Balaban J connectivity index is 1.90. The van der Waals surface area contributed by atoms with Crippen LogP contribution in [0.4, 0.5) is 5.69 Å². The van der Waals surface area contributed by atoms with Gasteiger partial charge in [-0.05, 0) is 39.8 Å². The zero-order valence-electron chi connectivity index (χ0n) is 19.0. The molecule has 0 unspecified atom stereocenters. The summed E-state index contributed by atoms with van der Waals surface area (Å²) in [6.45, 7) is 12.4. The van der Waals surface area contributed by atoms with E-state index in [0.29, 0.717) is 0 Å². The first kappa shape index (κ1) is 19.2. The van der Waals surface area contributed by atoms with E-state index in [2.05, 4.69) is 61.4 Å². The van der Waals surface area contributed by atoms with Gasteiger partial charge in [-0.1, -0.05) is 6.07 Å². The molecule has 3 heterocycles. The van der Waals surface area contributed by atoms with Crippen molar-refractivity contribution in [3.05, 3.63) is 47.8 Å². The summed E-state index contributed by atoms with van der Waals surface area (Å²) in [5, 5.41) is 5.33. The number of anilines is 1. The van der Waals surface area contributed by atoms with Crippen molar-refractivity contribution >= 4 is 60.7 Å². The van der Waals surface area contributed by atoms with Gasteiger partial charge in [0.05, 0.1) is 28.3 Å². The molecule has 0 fully saturated rings. The maximum atomic E-state index is 6.57. The fourth-order valence-corrected chi connectivity index (χ4v) is 5.17. The van der Waals surface area contributed by atoms with Gasteiger partial charge in [0.15, 0.2) is 0 Å². The van der Waals surface area contributed by atoms with E-state index in [0.717, 1.165) is 92.3 Å². The van der Waals surface area contributed by atoms with Crippen LogP contribution >= 0.6 is 0 Å². The number of rotatable bonds is 5. The van der Waals surface area contributed by atoms with Gasteiger partial charge in [-0.3, -0.25) is 0 Å². The van der Waals surface area contributed by atoms with E-state index in [1.807, 2.05) is 18.2 Å². The Kier molecular flexibility index (Phi) is 4.22. The van der Waals surface area contributed by atoms with Crippen LogP contribution in [0, 0.1) is 0 Å². The van der Waals surface area contributed by atoms with Crippen LogP contribution in [0.25, 0.3) is 55.0 Å². The minimum atomic E-state index is 0.832. The summed E-state index contributed by atoms with van der Waals surface area (Å²) < 4.78 is 21.7. The molecule has 0 aliphatic carbocycles. The first-order valence-corrected chi connectivity index (χ1v) is 11.6. The smallest absolute Gasteiger partial charge is 0.207 e. The SMILES string of the molecule is CCN(CC)c1cc2oc3cccc4oc5cc(=[N+](CC)CC)cc6oc(c1)c2c(c34)c56. The molecule has 0 saturated heterocycles. The summed E-state index contributed by atoms with van der Waals surface area (Å²) in [6.07, 6.45) is 0. The molecule has 3 aromatic heterocycles. The fourth-order valence-electron chi connectivity index (χ4n) is 5.17. The Labute approximate surface area is 185 Å². The second-order valence-electron chi connectivity index (χ2n) is 8.29. The lowest BCUT2D eigenvalue weighted by Crippen LogP contribution is -2.29. The second kappa shape index (κ2) is 7.02. The van der Waals surface area contributed by atoms with Gasteiger partial charge in [0.1, 0.15) is 46.6 Å². The van der Waals surface area contributed by atoms with Crippen LogP contribution in [0.15, 0.2) is 55.7 Å². The monoisotopic (exact) mass is 427 g/mol. The molecule has 0 bridgehead atoms. The van der Waals surface area contributed by atoms with Crippen LogP contribution in [0.2, 0.25) is 0 Å². The van der Waals surface area contributed by atoms with Crippen molar-refractivity contribution in [1.82, 2.24) is 4.58 Å². The van der Waals surface area contributed by atoms with Gasteiger partial charge in [-0.2, -0.15) is 0 Å². The van der Waals surface area contributed by atoms with E-state index in [4.69, 9.17) is 13.3 Å². The van der Waals surface area contributed by atoms with Crippen molar-refractivity contribution in [1.29, 1.82) is 0 Å². The van der Waals surface area contributed by atoms with E-state index in [-0.39, 0.29) is 0 Å². The molecule has 0 N–H and O–H groups in total. The highest BCUT2D eigenvalue weighted by Crippen LogP contribution is 2.44. The van der Waals surface area contributed by atoms with E-state index in [1.54, 1.807) is 0 Å². The molecule has 0 spiro atoms. The van der Waals surface area contributed by atoms with Gasteiger partial charge >= 0.3 is 0 Å². The van der Waals surface area contributed by atoms with Crippen LogP contribution in [-0.2, 0) is 0 Å². The summed E-state index contributed by atoms with van der Waals surface area (Å²) in [5.41, 5.74) is 6.15. The molecule has 6 aromatic rings. The lowest BCUT2D eigenvalue weighted by atomic mass is 9.99. The highest BCUT2D eigenvalue weighted by Gasteiger charge is 2.23. The standard InChI is InChI=1S/C27H27N2O3/c1-5-28(6-2)16-12-20-25-22(14-16)32-23-15-17(29(7-3)8-4)13-21-26(23)27(25)24-18(30-20)10-9-11-19(24)31-21/h9-15H,5-8H2,1-4H3/q+1. The van der Waals surface area contributed by atoms with Crippen molar-refractivity contribution in [2.75, 3.05) is 31.1 Å². The predicted molar refractivity (Wildman–Crippen MR) is 132 cm³/mol. The average molecular weight is 428 g/mol. The molecule has 0 aliphatic heterocycles. The molecular weight excluding hydrogens is 400 g/mol. The van der Waals surface area contributed by atoms with Gasteiger partial charge in [0.25, 0.3) is 0 Å². The number of nitrogens with zero attached hydrogens (tertiary/aromatic N) is 2. The third-order valence-corrected chi connectivity index (χ3v) is 6.76. The van der Waals surface area contributed by atoms with Crippen molar-refractivity contribution in [3.8, 4) is 0 Å². The zero-order chi connectivity index (χ0) is 22.0. The van der Waals surface area contributed by atoms with Crippen LogP contribution in [0.1, 0.15) is 27.7 Å². The Morgan fingerprint density at radius 1 is 0.625 bits per heavy atom. The van der Waals surface area contributed by atoms with E-state index in [9.17, 15) is 0 Å². The van der Waals surface area contributed by atoms with Crippen molar-refractivity contribution < 1.29 is 13.3 Å². The van der Waals surface area contributed by atoms with Gasteiger partial charge in [-0.25, -0.2) is 4.58 Å². The van der Waals surface area contributed by atoms with Crippen LogP contribution in [-0.4, -0.2) is 26.2 Å². The Morgan fingerprint density at radius 2 is 1.09 bits per heavy atom. The van der Waals surface area contributed by atoms with Crippen LogP contribution in [0.3, 0.4) is 0 Å².